The van der Waals surface area contributed by atoms with Crippen LogP contribution in [0.3, 0.4) is 0 Å². The lowest BCUT2D eigenvalue weighted by molar-refractivity contribution is -0.143. The van der Waals surface area contributed by atoms with E-state index < -0.39 is 29.2 Å². The first-order valence-corrected chi connectivity index (χ1v) is 5.94. The Morgan fingerprint density at radius 1 is 0.905 bits per heavy atom. The van der Waals surface area contributed by atoms with Gasteiger partial charge in [-0.3, -0.25) is 0 Å². The quantitative estimate of drug-likeness (QED) is 0.578. The van der Waals surface area contributed by atoms with Gasteiger partial charge < -0.3 is 4.74 Å². The molecule has 0 saturated heterocycles. The van der Waals surface area contributed by atoms with Crippen molar-refractivity contribution >= 4 is 0 Å². The first kappa shape index (κ1) is 17.1. The molecule has 0 amide bonds. The number of halogens is 6. The lowest BCUT2D eigenvalue weighted by Gasteiger charge is -2.14. The summed E-state index contributed by atoms with van der Waals surface area (Å²) in [6.45, 7) is -0.0553. The highest BCUT2D eigenvalue weighted by molar-refractivity contribution is 5.37. The molecule has 21 heavy (non-hydrogen) atoms. The molecule has 8 heteroatoms. The number of benzene rings is 1. The van der Waals surface area contributed by atoms with Gasteiger partial charge in [-0.05, 0) is 31.0 Å². The predicted molar refractivity (Wildman–Crippen MR) is 61.4 cm³/mol. The Labute approximate surface area is 116 Å². The summed E-state index contributed by atoms with van der Waals surface area (Å²) in [6.07, 6.45) is -8.70. The molecule has 0 atom stereocenters. The molecule has 0 aliphatic carbocycles. The number of alkyl halides is 6. The summed E-state index contributed by atoms with van der Waals surface area (Å²) in [4.78, 5) is 0. The molecule has 0 N–H and O–H groups in total. The Morgan fingerprint density at radius 2 is 1.43 bits per heavy atom. The first-order valence-electron chi connectivity index (χ1n) is 5.94. The SMILES string of the molecule is N#CCCCCOc1cc(C(F)(F)F)cc(C(F)(F)F)c1. The van der Waals surface area contributed by atoms with E-state index in [0.29, 0.717) is 25.0 Å². The molecule has 0 unspecified atom stereocenters. The number of unbranched alkanes of at least 4 members (excludes halogenated alkanes) is 2. The van der Waals surface area contributed by atoms with Crippen molar-refractivity contribution in [3.05, 3.63) is 29.3 Å². The highest BCUT2D eigenvalue weighted by Gasteiger charge is 2.37. The Kier molecular flexibility index (Phi) is 5.47. The minimum absolute atomic E-state index is 0.0442. The maximum atomic E-state index is 12.6. The summed E-state index contributed by atoms with van der Waals surface area (Å²) in [5.41, 5.74) is -2.83. The van der Waals surface area contributed by atoms with E-state index in [2.05, 4.69) is 0 Å². The van der Waals surface area contributed by atoms with Gasteiger partial charge in [-0.25, -0.2) is 0 Å². The second-order valence-corrected chi connectivity index (χ2v) is 4.21. The van der Waals surface area contributed by atoms with Gasteiger partial charge in [0.2, 0.25) is 0 Å². The molecule has 0 aromatic heterocycles. The van der Waals surface area contributed by atoms with Crippen LogP contribution in [-0.4, -0.2) is 6.61 Å². The van der Waals surface area contributed by atoms with Crippen LogP contribution in [0.15, 0.2) is 18.2 Å². The van der Waals surface area contributed by atoms with E-state index in [1.807, 2.05) is 6.07 Å². The fourth-order valence-corrected chi connectivity index (χ4v) is 1.51. The molecule has 2 nitrogen and oxygen atoms in total. The van der Waals surface area contributed by atoms with E-state index in [9.17, 15) is 26.3 Å². The number of rotatable bonds is 5. The van der Waals surface area contributed by atoms with Crippen LogP contribution in [0.1, 0.15) is 30.4 Å². The molecule has 0 saturated carbocycles. The Bertz CT molecular complexity index is 483. The average Bonchev–Trinajstić information content (AvgIpc) is 2.36. The van der Waals surface area contributed by atoms with Gasteiger partial charge in [0.1, 0.15) is 5.75 Å². The van der Waals surface area contributed by atoms with Crippen LogP contribution in [-0.2, 0) is 12.4 Å². The largest absolute Gasteiger partial charge is 0.494 e. The third-order valence-corrected chi connectivity index (χ3v) is 2.51. The number of hydrogen-bond donors (Lipinski definition) is 0. The third-order valence-electron chi connectivity index (χ3n) is 2.51. The number of ether oxygens (including phenoxy) is 1. The summed E-state index contributed by atoms with van der Waals surface area (Å²) in [7, 11) is 0. The highest BCUT2D eigenvalue weighted by atomic mass is 19.4. The summed E-state index contributed by atoms with van der Waals surface area (Å²) in [5, 5.41) is 8.29. The van der Waals surface area contributed by atoms with Crippen LogP contribution in [0, 0.1) is 11.3 Å². The summed E-state index contributed by atoms with van der Waals surface area (Å²) in [6, 6.07) is 2.97. The molecule has 0 aliphatic heterocycles. The smallest absolute Gasteiger partial charge is 0.416 e. The topological polar surface area (TPSA) is 33.0 Å². The molecular weight excluding hydrogens is 300 g/mol. The van der Waals surface area contributed by atoms with Crippen molar-refractivity contribution < 1.29 is 31.1 Å². The molecule has 1 rings (SSSR count). The van der Waals surface area contributed by atoms with Crippen LogP contribution in [0.4, 0.5) is 26.3 Å². The third kappa shape index (κ3) is 5.53. The molecule has 0 fully saturated rings. The van der Waals surface area contributed by atoms with Crippen LogP contribution < -0.4 is 4.74 Å². The van der Waals surface area contributed by atoms with Gasteiger partial charge in [-0.2, -0.15) is 31.6 Å². The molecule has 0 spiro atoms. The Morgan fingerprint density at radius 3 is 1.86 bits per heavy atom. The monoisotopic (exact) mass is 311 g/mol. The summed E-state index contributed by atoms with van der Waals surface area (Å²) < 4.78 is 80.3. The molecule has 0 aliphatic rings. The molecule has 1 aromatic carbocycles. The van der Waals surface area contributed by atoms with Crippen LogP contribution in [0.25, 0.3) is 0 Å². The van der Waals surface area contributed by atoms with E-state index >= 15 is 0 Å². The van der Waals surface area contributed by atoms with E-state index in [1.54, 1.807) is 0 Å². The van der Waals surface area contributed by atoms with Gasteiger partial charge in [0.05, 0.1) is 23.8 Å². The van der Waals surface area contributed by atoms with Crippen molar-refractivity contribution in [2.24, 2.45) is 0 Å². The minimum Gasteiger partial charge on any atom is -0.494 e. The van der Waals surface area contributed by atoms with Gasteiger partial charge >= 0.3 is 12.4 Å². The van der Waals surface area contributed by atoms with E-state index in [1.165, 1.54) is 0 Å². The summed E-state index contributed by atoms with van der Waals surface area (Å²) in [5.74, 6) is -0.492. The normalized spacial score (nSPS) is 12.0. The zero-order chi connectivity index (χ0) is 16.1. The highest BCUT2D eigenvalue weighted by Crippen LogP contribution is 2.38. The van der Waals surface area contributed by atoms with Crippen LogP contribution in [0.2, 0.25) is 0 Å². The number of nitrogens with zero attached hydrogens (tertiary/aromatic N) is 1. The van der Waals surface area contributed by atoms with E-state index in [0.717, 1.165) is 0 Å². The molecule has 116 valence electrons. The molecule has 1 aromatic rings. The second-order valence-electron chi connectivity index (χ2n) is 4.21. The standard InChI is InChI=1S/C13H11F6NO/c14-12(15,16)9-6-10(13(17,18)19)8-11(7-9)21-5-3-1-2-4-20/h6-8H,1-3,5H2. The molecule has 0 bridgehead atoms. The van der Waals surface area contributed by atoms with E-state index in [-0.39, 0.29) is 19.1 Å². The molecular formula is C13H11F6NO. The zero-order valence-corrected chi connectivity index (χ0v) is 10.7. The number of hydrogen-bond acceptors (Lipinski definition) is 2. The van der Waals surface area contributed by atoms with Crippen molar-refractivity contribution in [3.63, 3.8) is 0 Å². The van der Waals surface area contributed by atoms with Crippen molar-refractivity contribution in [1.29, 1.82) is 5.26 Å². The predicted octanol–water partition coefficient (Wildman–Crippen LogP) is 4.80. The number of nitriles is 1. The lowest BCUT2D eigenvalue weighted by atomic mass is 10.1. The first-order chi connectivity index (χ1) is 9.64. The van der Waals surface area contributed by atoms with E-state index in [4.69, 9.17) is 10.00 Å². The average molecular weight is 311 g/mol. The van der Waals surface area contributed by atoms with Crippen molar-refractivity contribution in [1.82, 2.24) is 0 Å². The zero-order valence-electron chi connectivity index (χ0n) is 10.7. The van der Waals surface area contributed by atoms with Crippen molar-refractivity contribution in [3.8, 4) is 11.8 Å². The second kappa shape index (κ2) is 6.70. The van der Waals surface area contributed by atoms with Crippen LogP contribution in [0.5, 0.6) is 5.75 Å². The van der Waals surface area contributed by atoms with Crippen LogP contribution >= 0.6 is 0 Å². The van der Waals surface area contributed by atoms with Gasteiger partial charge in [-0.1, -0.05) is 0 Å². The fraction of sp³-hybridized carbons (Fsp3) is 0.462. The lowest BCUT2D eigenvalue weighted by Crippen LogP contribution is -2.11. The maximum Gasteiger partial charge on any atom is 0.416 e. The van der Waals surface area contributed by atoms with Gasteiger partial charge in [0, 0.05) is 6.42 Å². The van der Waals surface area contributed by atoms with Gasteiger partial charge in [-0.15, -0.1) is 0 Å². The maximum absolute atomic E-state index is 12.6. The van der Waals surface area contributed by atoms with Crippen molar-refractivity contribution in [2.75, 3.05) is 6.61 Å². The van der Waals surface area contributed by atoms with Gasteiger partial charge in [0.25, 0.3) is 0 Å². The minimum atomic E-state index is -4.89. The summed E-state index contributed by atoms with van der Waals surface area (Å²) >= 11 is 0. The van der Waals surface area contributed by atoms with Gasteiger partial charge in [0.15, 0.2) is 0 Å². The Balaban J connectivity index is 2.91. The van der Waals surface area contributed by atoms with Crippen molar-refractivity contribution in [2.45, 2.75) is 31.6 Å². The fourth-order valence-electron chi connectivity index (χ4n) is 1.51. The Hall–Kier alpha value is -1.91. The molecule has 0 radical (unpaired) electrons. The molecule has 0 heterocycles.